The third-order valence-electron chi connectivity index (χ3n) is 5.77. The summed E-state index contributed by atoms with van der Waals surface area (Å²) in [5.41, 5.74) is 8.91. The second kappa shape index (κ2) is 6.68. The molecule has 2 aliphatic carbocycles. The Morgan fingerprint density at radius 2 is 2.11 bits per heavy atom. The molecule has 1 aromatic carbocycles. The number of allylic oxidation sites excluding steroid dienone is 5. The zero-order chi connectivity index (χ0) is 19.1. The van der Waals surface area contributed by atoms with Gasteiger partial charge in [-0.15, -0.1) is 0 Å². The molecule has 4 nitrogen and oxygen atoms in total. The Kier molecular flexibility index (Phi) is 4.47. The van der Waals surface area contributed by atoms with E-state index in [0.29, 0.717) is 18.4 Å². The van der Waals surface area contributed by atoms with Crippen LogP contribution in [0.3, 0.4) is 0 Å². The first-order valence-electron chi connectivity index (χ1n) is 9.69. The number of amidine groups is 1. The highest BCUT2D eigenvalue weighted by Crippen LogP contribution is 2.45. The Morgan fingerprint density at radius 3 is 2.81 bits per heavy atom. The van der Waals surface area contributed by atoms with Crippen molar-refractivity contribution in [2.45, 2.75) is 44.2 Å². The summed E-state index contributed by atoms with van der Waals surface area (Å²) in [5.74, 6) is 2.01. The largest absolute Gasteiger partial charge is 0.497 e. The van der Waals surface area contributed by atoms with E-state index in [1.807, 2.05) is 0 Å². The van der Waals surface area contributed by atoms with E-state index >= 15 is 0 Å². The fourth-order valence-electron chi connectivity index (χ4n) is 3.76. The van der Waals surface area contributed by atoms with Crippen LogP contribution < -0.4 is 5.73 Å². The molecule has 1 spiro atoms. The van der Waals surface area contributed by atoms with Crippen molar-refractivity contribution in [2.24, 2.45) is 16.6 Å². The molecule has 2 N–H and O–H groups in total. The van der Waals surface area contributed by atoms with Crippen molar-refractivity contribution in [3.8, 4) is 0 Å². The number of ether oxygens (including phenoxy) is 2. The molecule has 142 valence electrons. The summed E-state index contributed by atoms with van der Waals surface area (Å²) in [6.07, 6.45) is 11.6. The summed E-state index contributed by atoms with van der Waals surface area (Å²) in [7, 11) is 1.72. The summed E-state index contributed by atoms with van der Waals surface area (Å²) in [6, 6.07) is 8.51. The van der Waals surface area contributed by atoms with Gasteiger partial charge in [-0.25, -0.2) is 0 Å². The summed E-state index contributed by atoms with van der Waals surface area (Å²) in [6.45, 7) is 4.85. The normalized spacial score (nSPS) is 29.3. The average Bonchev–Trinajstić information content (AvgIpc) is 3.43. The molecule has 1 fully saturated rings. The molecular weight excluding hydrogens is 336 g/mol. The van der Waals surface area contributed by atoms with Crippen LogP contribution in [0.2, 0.25) is 0 Å². The minimum atomic E-state index is -0.450. The lowest BCUT2D eigenvalue weighted by Gasteiger charge is -2.34. The van der Waals surface area contributed by atoms with Crippen molar-refractivity contribution in [1.82, 2.24) is 0 Å². The van der Waals surface area contributed by atoms with Gasteiger partial charge in [-0.2, -0.15) is 0 Å². The summed E-state index contributed by atoms with van der Waals surface area (Å²) < 4.78 is 11.7. The predicted molar refractivity (Wildman–Crippen MR) is 109 cm³/mol. The number of methoxy groups -OCH3 is 1. The Morgan fingerprint density at radius 1 is 1.30 bits per heavy atom. The molecule has 2 unspecified atom stereocenters. The first kappa shape index (κ1) is 18.1. The van der Waals surface area contributed by atoms with Crippen LogP contribution in [0, 0.1) is 5.92 Å². The lowest BCUT2D eigenvalue weighted by molar-refractivity contribution is 0.0299. The monoisotopic (exact) mass is 364 g/mol. The highest BCUT2D eigenvalue weighted by Gasteiger charge is 2.52. The van der Waals surface area contributed by atoms with E-state index in [-0.39, 0.29) is 5.60 Å². The van der Waals surface area contributed by atoms with E-state index in [1.54, 1.807) is 7.11 Å². The van der Waals surface area contributed by atoms with Gasteiger partial charge in [0.15, 0.2) is 0 Å². The van der Waals surface area contributed by atoms with Gasteiger partial charge in [-0.05, 0) is 67.0 Å². The van der Waals surface area contributed by atoms with Crippen LogP contribution in [0.5, 0.6) is 0 Å². The molecule has 0 saturated heterocycles. The number of nitrogens with zero attached hydrogens (tertiary/aromatic N) is 1. The zero-order valence-electron chi connectivity index (χ0n) is 16.4. The smallest absolute Gasteiger partial charge is 0.127 e. The maximum absolute atomic E-state index is 6.23. The minimum Gasteiger partial charge on any atom is -0.497 e. The van der Waals surface area contributed by atoms with Crippen molar-refractivity contribution >= 4 is 11.4 Å². The zero-order valence-corrected chi connectivity index (χ0v) is 16.4. The molecular formula is C23H28N2O2. The average molecular weight is 364 g/mol. The molecule has 27 heavy (non-hydrogen) atoms. The third-order valence-corrected chi connectivity index (χ3v) is 5.77. The van der Waals surface area contributed by atoms with E-state index < -0.39 is 5.54 Å². The quantitative estimate of drug-likeness (QED) is 0.868. The van der Waals surface area contributed by atoms with Gasteiger partial charge in [-0.1, -0.05) is 37.3 Å². The highest BCUT2D eigenvalue weighted by molar-refractivity contribution is 5.92. The van der Waals surface area contributed by atoms with Crippen molar-refractivity contribution in [2.75, 3.05) is 13.7 Å². The van der Waals surface area contributed by atoms with Crippen LogP contribution in [0.15, 0.2) is 59.3 Å². The maximum atomic E-state index is 6.23. The van der Waals surface area contributed by atoms with E-state index in [9.17, 15) is 0 Å². The van der Waals surface area contributed by atoms with Crippen molar-refractivity contribution < 1.29 is 9.47 Å². The summed E-state index contributed by atoms with van der Waals surface area (Å²) in [5, 5.41) is 0. The molecule has 1 aromatic rings. The van der Waals surface area contributed by atoms with E-state index in [0.717, 1.165) is 41.7 Å². The number of nitrogens with two attached hydrogens (primary N) is 1. The Hall–Kier alpha value is -2.33. The van der Waals surface area contributed by atoms with Crippen LogP contribution in [0.1, 0.15) is 44.2 Å². The molecule has 0 radical (unpaired) electrons. The van der Waals surface area contributed by atoms with Crippen LogP contribution in [-0.2, 0) is 15.0 Å². The van der Waals surface area contributed by atoms with Gasteiger partial charge in [0.1, 0.15) is 22.7 Å². The van der Waals surface area contributed by atoms with Crippen molar-refractivity contribution in [1.29, 1.82) is 0 Å². The first-order valence-corrected chi connectivity index (χ1v) is 9.69. The van der Waals surface area contributed by atoms with Gasteiger partial charge in [-0.3, -0.25) is 4.99 Å². The van der Waals surface area contributed by atoms with Crippen LogP contribution >= 0.6 is 0 Å². The molecule has 4 heteroatoms. The van der Waals surface area contributed by atoms with Crippen molar-refractivity contribution in [3.63, 3.8) is 0 Å². The second-order valence-corrected chi connectivity index (χ2v) is 8.12. The molecule has 1 heterocycles. The topological polar surface area (TPSA) is 56.8 Å². The van der Waals surface area contributed by atoms with Gasteiger partial charge in [0.05, 0.1) is 13.7 Å². The Labute approximate surface area is 161 Å². The molecule has 3 aliphatic rings. The van der Waals surface area contributed by atoms with E-state index in [4.69, 9.17) is 20.2 Å². The fourth-order valence-corrected chi connectivity index (χ4v) is 3.76. The molecule has 2 atom stereocenters. The lowest BCUT2D eigenvalue weighted by atomic mass is 9.89. The molecule has 0 amide bonds. The predicted octanol–water partition coefficient (Wildman–Crippen LogP) is 4.33. The minimum absolute atomic E-state index is 0.267. The number of benzene rings is 1. The van der Waals surface area contributed by atoms with Gasteiger partial charge in [0.2, 0.25) is 0 Å². The number of hydrogen-bond donors (Lipinski definition) is 1. The number of hydrogen-bond acceptors (Lipinski definition) is 4. The number of aliphatic imine (C=N–C) groups is 1. The molecule has 0 aromatic heterocycles. The molecule has 1 aliphatic heterocycles. The third kappa shape index (κ3) is 3.46. The molecule has 4 rings (SSSR count). The lowest BCUT2D eigenvalue weighted by Crippen LogP contribution is -2.45. The Bertz CT molecular complexity index is 861. The summed E-state index contributed by atoms with van der Waals surface area (Å²) in [4.78, 5) is 4.86. The molecule has 1 saturated carbocycles. The van der Waals surface area contributed by atoms with Gasteiger partial charge < -0.3 is 15.2 Å². The van der Waals surface area contributed by atoms with Crippen LogP contribution in [-0.4, -0.2) is 25.2 Å². The standard InChI is InChI=1S/C23H28N2O2/c1-16-6-4-7-18(14-20(12-16)26-3)17-8-5-9-19(13-17)22(2)15-27-23(10-11-23)21(24)25-22/h4-5,7-9,12-14,16H,6,10-11,15H2,1-3H3,(H2,24,25). The van der Waals surface area contributed by atoms with Gasteiger partial charge >= 0.3 is 0 Å². The molecule has 0 bridgehead atoms. The van der Waals surface area contributed by atoms with E-state index in [1.165, 1.54) is 0 Å². The van der Waals surface area contributed by atoms with Crippen molar-refractivity contribution in [3.05, 3.63) is 65.5 Å². The maximum Gasteiger partial charge on any atom is 0.127 e. The fraction of sp³-hybridized carbons (Fsp3) is 0.435. The van der Waals surface area contributed by atoms with E-state index in [2.05, 4.69) is 62.4 Å². The van der Waals surface area contributed by atoms with Crippen LogP contribution in [0.25, 0.3) is 5.57 Å². The SMILES string of the molecule is COC1=CC(C)CC=CC(c2cccc(C3(C)COC4(CC4)C(N)=N3)c2)=C1. The second-order valence-electron chi connectivity index (χ2n) is 8.12. The Balaban J connectivity index is 1.70. The van der Waals surface area contributed by atoms with Gasteiger partial charge in [0.25, 0.3) is 0 Å². The first-order chi connectivity index (χ1) is 12.9. The van der Waals surface area contributed by atoms with Crippen LogP contribution in [0.4, 0.5) is 0 Å². The summed E-state index contributed by atoms with van der Waals surface area (Å²) >= 11 is 0. The van der Waals surface area contributed by atoms with Gasteiger partial charge in [0, 0.05) is 0 Å². The number of rotatable bonds is 3. The highest BCUT2D eigenvalue weighted by atomic mass is 16.5.